The minimum atomic E-state index is -4.14. The van der Waals surface area contributed by atoms with Gasteiger partial charge in [-0.1, -0.05) is 32.9 Å². The molecule has 3 rings (SSSR count). The van der Waals surface area contributed by atoms with Crippen LogP contribution in [0.5, 0.6) is 5.75 Å². The number of rotatable bonds is 7. The number of aldehydes is 1. The highest BCUT2D eigenvalue weighted by atomic mass is 32.2. The number of carbonyl (C=O) groups excluding carboxylic acids is 2. The van der Waals surface area contributed by atoms with Gasteiger partial charge in [0.15, 0.2) is 12.0 Å². The SMILES string of the molecule is CCOC(=O)c1sc(-c2ccc(OS(=O)(=O)c3ccc(C(C)(C)C)cc3)c(C=O)c2)nc1C. The van der Waals surface area contributed by atoms with E-state index in [1.807, 2.05) is 20.8 Å². The van der Waals surface area contributed by atoms with Gasteiger partial charge in [-0.05, 0) is 55.2 Å². The van der Waals surface area contributed by atoms with E-state index in [0.717, 1.165) is 16.9 Å². The Balaban J connectivity index is 1.89. The van der Waals surface area contributed by atoms with Gasteiger partial charge < -0.3 is 8.92 Å². The second-order valence-electron chi connectivity index (χ2n) is 8.34. The van der Waals surface area contributed by atoms with Crippen molar-refractivity contribution in [3.05, 3.63) is 64.2 Å². The number of thiazole rings is 1. The predicted molar refractivity (Wildman–Crippen MR) is 127 cm³/mol. The van der Waals surface area contributed by atoms with Crippen LogP contribution >= 0.6 is 11.3 Å². The Morgan fingerprint density at radius 3 is 2.36 bits per heavy atom. The number of nitrogens with zero attached hydrogens (tertiary/aromatic N) is 1. The number of hydrogen-bond donors (Lipinski definition) is 0. The van der Waals surface area contributed by atoms with Crippen LogP contribution in [0.15, 0.2) is 47.4 Å². The summed E-state index contributed by atoms with van der Waals surface area (Å²) in [6, 6.07) is 10.9. The smallest absolute Gasteiger partial charge is 0.350 e. The zero-order valence-electron chi connectivity index (χ0n) is 19.0. The monoisotopic (exact) mass is 487 g/mol. The van der Waals surface area contributed by atoms with Gasteiger partial charge in [-0.3, -0.25) is 4.79 Å². The molecule has 0 aliphatic heterocycles. The average Bonchev–Trinajstić information content (AvgIpc) is 3.15. The zero-order valence-corrected chi connectivity index (χ0v) is 20.7. The maximum atomic E-state index is 12.8. The molecule has 9 heteroatoms. The molecule has 0 N–H and O–H groups in total. The van der Waals surface area contributed by atoms with Crippen molar-refractivity contribution >= 4 is 33.7 Å². The highest BCUT2D eigenvalue weighted by molar-refractivity contribution is 7.87. The number of ether oxygens (including phenoxy) is 1. The molecule has 3 aromatic rings. The first-order valence-corrected chi connectivity index (χ1v) is 12.5. The molecular weight excluding hydrogens is 462 g/mol. The molecule has 0 aliphatic rings. The predicted octanol–water partition coefficient (Wildman–Crippen LogP) is 5.17. The van der Waals surface area contributed by atoms with Crippen LogP contribution in [0, 0.1) is 6.92 Å². The minimum Gasteiger partial charge on any atom is -0.462 e. The summed E-state index contributed by atoms with van der Waals surface area (Å²) in [6.45, 7) is 9.76. The van der Waals surface area contributed by atoms with Gasteiger partial charge >= 0.3 is 16.1 Å². The first-order chi connectivity index (χ1) is 15.5. The first-order valence-electron chi connectivity index (χ1n) is 10.3. The van der Waals surface area contributed by atoms with Crippen molar-refractivity contribution in [2.75, 3.05) is 6.61 Å². The van der Waals surface area contributed by atoms with E-state index in [2.05, 4.69) is 4.98 Å². The van der Waals surface area contributed by atoms with Gasteiger partial charge in [0.1, 0.15) is 14.8 Å². The van der Waals surface area contributed by atoms with Gasteiger partial charge in [-0.2, -0.15) is 8.42 Å². The van der Waals surface area contributed by atoms with E-state index in [9.17, 15) is 18.0 Å². The summed E-state index contributed by atoms with van der Waals surface area (Å²) < 4.78 is 35.8. The largest absolute Gasteiger partial charge is 0.462 e. The highest BCUT2D eigenvalue weighted by Gasteiger charge is 2.22. The molecule has 33 heavy (non-hydrogen) atoms. The fourth-order valence-electron chi connectivity index (χ4n) is 3.04. The molecular formula is C24H25NO6S2. The van der Waals surface area contributed by atoms with E-state index in [-0.39, 0.29) is 28.2 Å². The number of benzene rings is 2. The van der Waals surface area contributed by atoms with Gasteiger partial charge in [0.2, 0.25) is 0 Å². The van der Waals surface area contributed by atoms with Gasteiger partial charge in [-0.25, -0.2) is 9.78 Å². The van der Waals surface area contributed by atoms with E-state index >= 15 is 0 Å². The summed E-state index contributed by atoms with van der Waals surface area (Å²) in [4.78, 5) is 28.5. The topological polar surface area (TPSA) is 99.6 Å². The van der Waals surface area contributed by atoms with Crippen LogP contribution in [0.3, 0.4) is 0 Å². The average molecular weight is 488 g/mol. The maximum absolute atomic E-state index is 12.8. The summed E-state index contributed by atoms with van der Waals surface area (Å²) >= 11 is 1.14. The molecule has 2 aromatic carbocycles. The molecule has 0 spiro atoms. The number of aryl methyl sites for hydroxylation is 1. The lowest BCUT2D eigenvalue weighted by molar-refractivity contribution is 0.0531. The van der Waals surface area contributed by atoms with Crippen LogP contribution in [0.4, 0.5) is 0 Å². The van der Waals surface area contributed by atoms with Crippen LogP contribution in [0.25, 0.3) is 10.6 Å². The van der Waals surface area contributed by atoms with E-state index in [0.29, 0.717) is 27.4 Å². The summed E-state index contributed by atoms with van der Waals surface area (Å²) in [6.07, 6.45) is 0.518. The van der Waals surface area contributed by atoms with Crippen LogP contribution in [-0.4, -0.2) is 32.3 Å². The van der Waals surface area contributed by atoms with Crippen LogP contribution in [0.2, 0.25) is 0 Å². The Labute approximate surface area is 197 Å². The van der Waals surface area contributed by atoms with Crippen molar-refractivity contribution in [1.29, 1.82) is 0 Å². The van der Waals surface area contributed by atoms with Crippen molar-refractivity contribution in [3.63, 3.8) is 0 Å². The van der Waals surface area contributed by atoms with Crippen LogP contribution < -0.4 is 4.18 Å². The maximum Gasteiger partial charge on any atom is 0.350 e. The van der Waals surface area contributed by atoms with E-state index < -0.39 is 16.1 Å². The molecule has 0 aliphatic carbocycles. The normalized spacial score (nSPS) is 11.8. The second kappa shape index (κ2) is 9.44. The summed E-state index contributed by atoms with van der Waals surface area (Å²) in [5.74, 6) is -0.551. The number of esters is 1. The molecule has 1 aromatic heterocycles. The molecule has 0 fully saturated rings. The summed E-state index contributed by atoms with van der Waals surface area (Å²) in [5, 5.41) is 0.505. The Kier molecular flexibility index (Phi) is 7.04. The van der Waals surface area contributed by atoms with Crippen molar-refractivity contribution in [1.82, 2.24) is 4.98 Å². The van der Waals surface area contributed by atoms with Crippen LogP contribution in [0.1, 0.15) is 59.0 Å². The standard InChI is InChI=1S/C24H25NO6S2/c1-6-30-23(27)21-15(2)25-22(32-21)16-7-12-20(17(13-16)14-26)31-33(28,29)19-10-8-18(9-11-19)24(3,4)5/h7-14H,6H2,1-5H3. The highest BCUT2D eigenvalue weighted by Crippen LogP contribution is 2.32. The second-order valence-corrected chi connectivity index (χ2v) is 10.9. The Morgan fingerprint density at radius 1 is 1.12 bits per heavy atom. The lowest BCUT2D eigenvalue weighted by Crippen LogP contribution is -2.13. The van der Waals surface area contributed by atoms with Gasteiger partial charge in [-0.15, -0.1) is 11.3 Å². The summed E-state index contributed by atoms with van der Waals surface area (Å²) in [5.41, 5.74) is 1.99. The van der Waals surface area contributed by atoms with Crippen molar-refractivity contribution in [2.45, 2.75) is 44.9 Å². The van der Waals surface area contributed by atoms with Crippen molar-refractivity contribution in [3.8, 4) is 16.3 Å². The molecule has 0 radical (unpaired) electrons. The van der Waals surface area contributed by atoms with E-state index in [4.69, 9.17) is 8.92 Å². The molecule has 0 saturated carbocycles. The molecule has 0 saturated heterocycles. The van der Waals surface area contributed by atoms with Crippen LogP contribution in [-0.2, 0) is 20.3 Å². The molecule has 0 bridgehead atoms. The molecule has 174 valence electrons. The molecule has 1 heterocycles. The fourth-order valence-corrected chi connectivity index (χ4v) is 4.95. The van der Waals surface area contributed by atoms with Gasteiger partial charge in [0.05, 0.1) is 17.9 Å². The quantitative estimate of drug-likeness (QED) is 0.257. The lowest BCUT2D eigenvalue weighted by atomic mass is 9.87. The fraction of sp³-hybridized carbons (Fsp3) is 0.292. The Morgan fingerprint density at radius 2 is 1.79 bits per heavy atom. The lowest BCUT2D eigenvalue weighted by Gasteiger charge is -2.19. The van der Waals surface area contributed by atoms with Gasteiger partial charge in [0.25, 0.3) is 0 Å². The number of carbonyl (C=O) groups is 2. The Hall–Kier alpha value is -3.04. The minimum absolute atomic E-state index is 0.00829. The molecule has 0 atom stereocenters. The molecule has 0 unspecified atom stereocenters. The van der Waals surface area contributed by atoms with Crippen molar-refractivity contribution < 1.29 is 26.9 Å². The van der Waals surface area contributed by atoms with Gasteiger partial charge in [0, 0.05) is 5.56 Å². The van der Waals surface area contributed by atoms with E-state index in [1.54, 1.807) is 32.0 Å². The zero-order chi connectivity index (χ0) is 24.4. The Bertz CT molecular complexity index is 1290. The number of aromatic nitrogens is 1. The third kappa shape index (κ3) is 5.48. The number of hydrogen-bond acceptors (Lipinski definition) is 8. The third-order valence-electron chi connectivity index (χ3n) is 4.85. The molecule has 0 amide bonds. The summed E-state index contributed by atoms with van der Waals surface area (Å²) in [7, 11) is -4.14. The van der Waals surface area contributed by atoms with E-state index in [1.165, 1.54) is 24.3 Å². The first kappa shape index (κ1) is 24.6. The van der Waals surface area contributed by atoms with Crippen molar-refractivity contribution in [2.24, 2.45) is 0 Å². The molecule has 7 nitrogen and oxygen atoms in total. The third-order valence-corrected chi connectivity index (χ3v) is 7.28.